The molecule has 0 bridgehead atoms. The molecule has 0 heterocycles. The van der Waals surface area contributed by atoms with Crippen LogP contribution in [0.4, 0.5) is 5.69 Å². The largest absolute Gasteiger partial charge is 0.380 e. The molecule has 0 spiro atoms. The van der Waals surface area contributed by atoms with Crippen molar-refractivity contribution in [3.8, 4) is 0 Å². The number of benzene rings is 2. The van der Waals surface area contributed by atoms with E-state index in [1.807, 2.05) is 30.3 Å². The van der Waals surface area contributed by atoms with Gasteiger partial charge in [-0.1, -0.05) is 62.4 Å². The zero-order chi connectivity index (χ0) is 18.8. The number of nitrogens with one attached hydrogen (secondary N) is 1. The van der Waals surface area contributed by atoms with Crippen LogP contribution in [0.25, 0.3) is 0 Å². The van der Waals surface area contributed by atoms with Gasteiger partial charge in [0.2, 0.25) is 0 Å². The SMILES string of the molecule is CCN(CC)C(CN=C(N)Nc1ccccc1COC)c1ccccc1.I. The zero-order valence-corrected chi connectivity index (χ0v) is 18.7. The van der Waals surface area contributed by atoms with Gasteiger partial charge >= 0.3 is 0 Å². The molecule has 2 aromatic carbocycles. The highest BCUT2D eigenvalue weighted by molar-refractivity contribution is 14.0. The Morgan fingerprint density at radius 2 is 1.70 bits per heavy atom. The maximum atomic E-state index is 6.16. The average Bonchev–Trinajstić information content (AvgIpc) is 2.67. The second kappa shape index (κ2) is 12.7. The minimum absolute atomic E-state index is 0. The maximum Gasteiger partial charge on any atom is 0.193 e. The van der Waals surface area contributed by atoms with Gasteiger partial charge in [-0.05, 0) is 24.7 Å². The van der Waals surface area contributed by atoms with Crippen molar-refractivity contribution in [3.63, 3.8) is 0 Å². The quantitative estimate of drug-likeness (QED) is 0.319. The van der Waals surface area contributed by atoms with E-state index in [1.165, 1.54) is 5.56 Å². The highest BCUT2D eigenvalue weighted by Gasteiger charge is 2.17. The van der Waals surface area contributed by atoms with Crippen LogP contribution in [0, 0.1) is 0 Å². The highest BCUT2D eigenvalue weighted by atomic mass is 127. The fourth-order valence-electron chi connectivity index (χ4n) is 3.06. The van der Waals surface area contributed by atoms with Crippen LogP contribution in [0.1, 0.15) is 31.0 Å². The van der Waals surface area contributed by atoms with Crippen LogP contribution in [0.3, 0.4) is 0 Å². The predicted octanol–water partition coefficient (Wildman–Crippen LogP) is 4.26. The van der Waals surface area contributed by atoms with Gasteiger partial charge in [0.1, 0.15) is 0 Å². The number of rotatable bonds is 9. The van der Waals surface area contributed by atoms with Crippen molar-refractivity contribution < 1.29 is 4.74 Å². The number of para-hydroxylation sites is 1. The molecule has 0 radical (unpaired) electrons. The Kier molecular flexibility index (Phi) is 11.0. The van der Waals surface area contributed by atoms with Gasteiger partial charge in [0.25, 0.3) is 0 Å². The van der Waals surface area contributed by atoms with Crippen LogP contribution >= 0.6 is 24.0 Å². The van der Waals surface area contributed by atoms with Gasteiger partial charge in [-0.3, -0.25) is 9.89 Å². The Bertz CT molecular complexity index is 690. The number of hydrogen-bond acceptors (Lipinski definition) is 3. The average molecular weight is 482 g/mol. The first kappa shape index (κ1) is 23.4. The van der Waals surface area contributed by atoms with E-state index in [1.54, 1.807) is 7.11 Å². The number of guanidine groups is 1. The van der Waals surface area contributed by atoms with Crippen LogP contribution in [0.2, 0.25) is 0 Å². The summed E-state index contributed by atoms with van der Waals surface area (Å²) in [6, 6.07) is 18.6. The summed E-state index contributed by atoms with van der Waals surface area (Å²) >= 11 is 0. The Morgan fingerprint density at radius 3 is 2.33 bits per heavy atom. The molecule has 0 aromatic heterocycles. The summed E-state index contributed by atoms with van der Waals surface area (Å²) in [7, 11) is 1.68. The first-order valence-corrected chi connectivity index (χ1v) is 9.12. The third kappa shape index (κ3) is 7.12. The molecule has 5 nitrogen and oxygen atoms in total. The standard InChI is InChI=1S/C21H30N4O.HI/c1-4-25(5-2)20(17-11-7-6-8-12-17)15-23-21(22)24-19-14-10-9-13-18(19)16-26-3;/h6-14,20H,4-5,15-16H2,1-3H3,(H3,22,23,24);1H. The third-order valence-electron chi connectivity index (χ3n) is 4.45. The molecule has 0 saturated heterocycles. The summed E-state index contributed by atoms with van der Waals surface area (Å²) in [5, 5.41) is 3.21. The van der Waals surface area contributed by atoms with E-state index in [-0.39, 0.29) is 30.0 Å². The molecule has 0 saturated carbocycles. The number of aliphatic imine (C=N–C) groups is 1. The smallest absolute Gasteiger partial charge is 0.193 e. The monoisotopic (exact) mass is 482 g/mol. The summed E-state index contributed by atoms with van der Waals surface area (Å²) in [5.41, 5.74) is 9.39. The molecular formula is C21H31IN4O. The fourth-order valence-corrected chi connectivity index (χ4v) is 3.06. The van der Waals surface area contributed by atoms with Crippen molar-refractivity contribution in [1.82, 2.24) is 4.90 Å². The number of nitrogens with two attached hydrogens (primary N) is 1. The Labute approximate surface area is 180 Å². The third-order valence-corrected chi connectivity index (χ3v) is 4.45. The number of nitrogens with zero attached hydrogens (tertiary/aromatic N) is 2. The van der Waals surface area contributed by atoms with Crippen molar-refractivity contribution >= 4 is 35.6 Å². The lowest BCUT2D eigenvalue weighted by Gasteiger charge is -2.29. The topological polar surface area (TPSA) is 62.9 Å². The van der Waals surface area contributed by atoms with E-state index in [0.29, 0.717) is 19.1 Å². The zero-order valence-electron chi connectivity index (χ0n) is 16.4. The van der Waals surface area contributed by atoms with Crippen LogP contribution < -0.4 is 11.1 Å². The highest BCUT2D eigenvalue weighted by Crippen LogP contribution is 2.21. The molecule has 0 aliphatic carbocycles. The lowest BCUT2D eigenvalue weighted by atomic mass is 10.1. The molecule has 0 amide bonds. The minimum atomic E-state index is 0. The molecule has 27 heavy (non-hydrogen) atoms. The molecule has 1 unspecified atom stereocenters. The number of likely N-dealkylation sites (N-methyl/N-ethyl adjacent to an activating group) is 1. The van der Waals surface area contributed by atoms with E-state index in [9.17, 15) is 0 Å². The second-order valence-corrected chi connectivity index (χ2v) is 6.09. The summed E-state index contributed by atoms with van der Waals surface area (Å²) in [4.78, 5) is 7.01. The van der Waals surface area contributed by atoms with E-state index < -0.39 is 0 Å². The first-order chi connectivity index (χ1) is 12.7. The maximum absolute atomic E-state index is 6.16. The summed E-state index contributed by atoms with van der Waals surface area (Å²) in [5.74, 6) is 0.418. The van der Waals surface area contributed by atoms with E-state index in [0.717, 1.165) is 24.3 Å². The minimum Gasteiger partial charge on any atom is -0.380 e. The van der Waals surface area contributed by atoms with E-state index in [2.05, 4.69) is 53.3 Å². The van der Waals surface area contributed by atoms with E-state index in [4.69, 9.17) is 10.5 Å². The molecule has 2 aromatic rings. The normalized spacial score (nSPS) is 12.5. The van der Waals surface area contributed by atoms with Crippen molar-refractivity contribution in [2.24, 2.45) is 10.7 Å². The predicted molar refractivity (Wildman–Crippen MR) is 125 cm³/mol. The van der Waals surface area contributed by atoms with Gasteiger partial charge in [-0.2, -0.15) is 0 Å². The number of anilines is 1. The Hall–Kier alpha value is -1.64. The molecule has 0 fully saturated rings. The fraction of sp³-hybridized carbons (Fsp3) is 0.381. The Balaban J connectivity index is 0.00000364. The molecule has 6 heteroatoms. The van der Waals surface area contributed by atoms with Crippen LogP contribution in [-0.4, -0.2) is 37.6 Å². The van der Waals surface area contributed by atoms with Crippen LogP contribution in [0.15, 0.2) is 59.6 Å². The Morgan fingerprint density at radius 1 is 1.07 bits per heavy atom. The summed E-state index contributed by atoms with van der Waals surface area (Å²) in [6.45, 7) is 7.42. The number of halogens is 1. The summed E-state index contributed by atoms with van der Waals surface area (Å²) < 4.78 is 5.24. The molecule has 0 aliphatic rings. The lowest BCUT2D eigenvalue weighted by molar-refractivity contribution is 0.185. The number of ether oxygens (including phenoxy) is 1. The van der Waals surface area contributed by atoms with Crippen LogP contribution in [0.5, 0.6) is 0 Å². The van der Waals surface area contributed by atoms with Crippen molar-refractivity contribution in [2.45, 2.75) is 26.5 Å². The van der Waals surface area contributed by atoms with Gasteiger partial charge in [0, 0.05) is 18.4 Å². The van der Waals surface area contributed by atoms with Crippen LogP contribution in [-0.2, 0) is 11.3 Å². The summed E-state index contributed by atoms with van der Waals surface area (Å²) in [6.07, 6.45) is 0. The van der Waals surface area contributed by atoms with Gasteiger partial charge in [-0.15, -0.1) is 24.0 Å². The van der Waals surface area contributed by atoms with Crippen molar-refractivity contribution in [2.75, 3.05) is 32.1 Å². The number of methoxy groups -OCH3 is 1. The molecule has 3 N–H and O–H groups in total. The number of hydrogen-bond donors (Lipinski definition) is 2. The second-order valence-electron chi connectivity index (χ2n) is 6.09. The molecule has 2 rings (SSSR count). The van der Waals surface area contributed by atoms with E-state index >= 15 is 0 Å². The molecule has 148 valence electrons. The molecule has 0 aliphatic heterocycles. The lowest BCUT2D eigenvalue weighted by Crippen LogP contribution is -2.32. The van der Waals surface area contributed by atoms with Gasteiger partial charge in [-0.25, -0.2) is 0 Å². The molecular weight excluding hydrogens is 451 g/mol. The first-order valence-electron chi connectivity index (χ1n) is 9.12. The van der Waals surface area contributed by atoms with Crippen molar-refractivity contribution in [3.05, 3.63) is 65.7 Å². The van der Waals surface area contributed by atoms with Gasteiger partial charge in [0.15, 0.2) is 5.96 Å². The molecule has 1 atom stereocenters. The van der Waals surface area contributed by atoms with Gasteiger partial charge in [0.05, 0.1) is 19.2 Å². The van der Waals surface area contributed by atoms with Crippen molar-refractivity contribution in [1.29, 1.82) is 0 Å². The van der Waals surface area contributed by atoms with Gasteiger partial charge < -0.3 is 15.8 Å².